The van der Waals surface area contributed by atoms with Crippen LogP contribution in [0.15, 0.2) is 24.3 Å². The van der Waals surface area contributed by atoms with Gasteiger partial charge in [-0.1, -0.05) is 24.3 Å². The molecule has 0 fully saturated rings. The molecule has 2 heteroatoms. The van der Waals surface area contributed by atoms with Gasteiger partial charge in [0.25, 0.3) is 0 Å². The first-order valence-corrected chi connectivity index (χ1v) is 5.18. The average molecular weight is 206 g/mol. The average Bonchev–Trinajstić information content (AvgIpc) is 2.27. The van der Waals surface area contributed by atoms with Gasteiger partial charge in [0.05, 0.1) is 5.60 Å². The zero-order valence-electron chi connectivity index (χ0n) is 9.62. The predicted molar refractivity (Wildman–Crippen MR) is 60.9 cm³/mol. The molecule has 0 unspecified atom stereocenters. The SMILES string of the molecule is COC(C)(C)c1cccc(CCC=O)c1. The van der Waals surface area contributed by atoms with Crippen molar-refractivity contribution >= 4 is 6.29 Å². The first-order valence-electron chi connectivity index (χ1n) is 5.18. The summed E-state index contributed by atoms with van der Waals surface area (Å²) in [7, 11) is 1.71. The lowest BCUT2D eigenvalue weighted by Crippen LogP contribution is -2.19. The molecule has 1 aromatic carbocycles. The van der Waals surface area contributed by atoms with Crippen LogP contribution in [0, 0.1) is 0 Å². The number of rotatable bonds is 5. The van der Waals surface area contributed by atoms with Crippen molar-refractivity contribution in [2.75, 3.05) is 7.11 Å². The third-order valence-corrected chi connectivity index (χ3v) is 2.68. The molecule has 0 atom stereocenters. The molecule has 0 bridgehead atoms. The van der Waals surface area contributed by atoms with Crippen molar-refractivity contribution in [1.29, 1.82) is 0 Å². The van der Waals surface area contributed by atoms with E-state index in [1.807, 2.05) is 32.0 Å². The zero-order valence-corrected chi connectivity index (χ0v) is 9.62. The molecular formula is C13H18O2. The van der Waals surface area contributed by atoms with Gasteiger partial charge in [0.15, 0.2) is 0 Å². The van der Waals surface area contributed by atoms with Crippen LogP contribution in [0.2, 0.25) is 0 Å². The summed E-state index contributed by atoms with van der Waals surface area (Å²) in [4.78, 5) is 10.3. The monoisotopic (exact) mass is 206 g/mol. The minimum Gasteiger partial charge on any atom is -0.374 e. The van der Waals surface area contributed by atoms with E-state index in [9.17, 15) is 4.79 Å². The maximum Gasteiger partial charge on any atom is 0.120 e. The molecule has 0 radical (unpaired) electrons. The second-order valence-electron chi connectivity index (χ2n) is 4.12. The van der Waals surface area contributed by atoms with Crippen LogP contribution in [0.3, 0.4) is 0 Å². The maximum atomic E-state index is 10.3. The minimum atomic E-state index is -0.267. The molecule has 2 nitrogen and oxygen atoms in total. The minimum absolute atomic E-state index is 0.267. The van der Waals surface area contributed by atoms with Crippen molar-refractivity contribution < 1.29 is 9.53 Å². The molecule has 1 rings (SSSR count). The van der Waals surface area contributed by atoms with Gasteiger partial charge >= 0.3 is 0 Å². The van der Waals surface area contributed by atoms with Crippen LogP contribution in [0.25, 0.3) is 0 Å². The van der Waals surface area contributed by atoms with Gasteiger partial charge in [-0.05, 0) is 31.4 Å². The highest BCUT2D eigenvalue weighted by Gasteiger charge is 2.19. The van der Waals surface area contributed by atoms with Gasteiger partial charge in [-0.15, -0.1) is 0 Å². The Balaban J connectivity index is 2.87. The molecule has 0 saturated heterocycles. The van der Waals surface area contributed by atoms with Crippen LogP contribution in [-0.4, -0.2) is 13.4 Å². The Labute approximate surface area is 91.3 Å². The molecule has 82 valence electrons. The number of aryl methyl sites for hydroxylation is 1. The number of methoxy groups -OCH3 is 1. The van der Waals surface area contributed by atoms with Crippen molar-refractivity contribution in [1.82, 2.24) is 0 Å². The van der Waals surface area contributed by atoms with Gasteiger partial charge in [0.2, 0.25) is 0 Å². The summed E-state index contributed by atoms with van der Waals surface area (Å²) < 4.78 is 5.41. The van der Waals surface area contributed by atoms with Crippen LogP contribution in [0.4, 0.5) is 0 Å². The van der Waals surface area contributed by atoms with Gasteiger partial charge in [0, 0.05) is 13.5 Å². The summed E-state index contributed by atoms with van der Waals surface area (Å²) in [5.74, 6) is 0. The Bertz CT molecular complexity index is 329. The summed E-state index contributed by atoms with van der Waals surface area (Å²) in [5.41, 5.74) is 2.06. The highest BCUT2D eigenvalue weighted by Crippen LogP contribution is 2.24. The Morgan fingerprint density at radius 3 is 2.73 bits per heavy atom. The summed E-state index contributed by atoms with van der Waals surface area (Å²) >= 11 is 0. The number of aldehydes is 1. The van der Waals surface area contributed by atoms with Crippen molar-refractivity contribution in [2.45, 2.75) is 32.3 Å². The first kappa shape index (κ1) is 11.9. The van der Waals surface area contributed by atoms with Gasteiger partial charge in [-0.3, -0.25) is 0 Å². The van der Waals surface area contributed by atoms with Crippen molar-refractivity contribution in [2.24, 2.45) is 0 Å². The second kappa shape index (κ2) is 5.08. The Morgan fingerprint density at radius 2 is 2.13 bits per heavy atom. The van der Waals surface area contributed by atoms with E-state index in [0.717, 1.165) is 18.3 Å². The fraction of sp³-hybridized carbons (Fsp3) is 0.462. The topological polar surface area (TPSA) is 26.3 Å². The maximum absolute atomic E-state index is 10.3. The third-order valence-electron chi connectivity index (χ3n) is 2.68. The molecule has 1 aromatic rings. The van der Waals surface area contributed by atoms with Crippen molar-refractivity contribution in [3.63, 3.8) is 0 Å². The molecule has 0 saturated carbocycles. The second-order valence-corrected chi connectivity index (χ2v) is 4.12. The number of hydrogen-bond donors (Lipinski definition) is 0. The molecule has 0 amide bonds. The highest BCUT2D eigenvalue weighted by atomic mass is 16.5. The largest absolute Gasteiger partial charge is 0.374 e. The van der Waals surface area contributed by atoms with Gasteiger partial charge in [0.1, 0.15) is 6.29 Å². The lowest BCUT2D eigenvalue weighted by molar-refractivity contribution is -0.107. The van der Waals surface area contributed by atoms with Gasteiger partial charge in [-0.2, -0.15) is 0 Å². The summed E-state index contributed by atoms with van der Waals surface area (Å²) in [6, 6.07) is 8.20. The van der Waals surface area contributed by atoms with Crippen LogP contribution in [-0.2, 0) is 21.6 Å². The molecule has 0 spiro atoms. The summed E-state index contributed by atoms with van der Waals surface area (Å²) in [6.45, 7) is 4.07. The van der Waals surface area contributed by atoms with E-state index in [2.05, 4.69) is 6.07 Å². The molecule has 0 aromatic heterocycles. The molecule has 0 aliphatic heterocycles. The number of carbonyl (C=O) groups is 1. The number of benzene rings is 1. The Hall–Kier alpha value is -1.15. The Morgan fingerprint density at radius 1 is 1.40 bits per heavy atom. The van der Waals surface area contributed by atoms with E-state index >= 15 is 0 Å². The molecule has 0 aliphatic rings. The number of ether oxygens (including phenoxy) is 1. The van der Waals surface area contributed by atoms with E-state index in [-0.39, 0.29) is 5.60 Å². The zero-order chi connectivity index (χ0) is 11.3. The first-order chi connectivity index (χ1) is 7.10. The standard InChI is InChI=1S/C13H18O2/c1-13(2,15-3)12-8-4-6-11(10-12)7-5-9-14/h4,6,8-10H,5,7H2,1-3H3. The van der Waals surface area contributed by atoms with Crippen LogP contribution in [0.5, 0.6) is 0 Å². The van der Waals surface area contributed by atoms with Crippen LogP contribution >= 0.6 is 0 Å². The van der Waals surface area contributed by atoms with E-state index in [1.54, 1.807) is 7.11 Å². The van der Waals surface area contributed by atoms with E-state index < -0.39 is 0 Å². The normalized spacial score (nSPS) is 11.4. The number of hydrogen-bond acceptors (Lipinski definition) is 2. The lowest BCUT2D eigenvalue weighted by Gasteiger charge is -2.23. The number of carbonyl (C=O) groups excluding carboxylic acids is 1. The fourth-order valence-corrected chi connectivity index (χ4v) is 1.44. The predicted octanol–water partition coefficient (Wildman–Crippen LogP) is 2.70. The van der Waals surface area contributed by atoms with E-state index in [1.165, 1.54) is 5.56 Å². The highest BCUT2D eigenvalue weighted by molar-refractivity contribution is 5.50. The molecule has 15 heavy (non-hydrogen) atoms. The molecular weight excluding hydrogens is 188 g/mol. The quantitative estimate of drug-likeness (QED) is 0.692. The van der Waals surface area contributed by atoms with Crippen molar-refractivity contribution in [3.05, 3.63) is 35.4 Å². The van der Waals surface area contributed by atoms with Gasteiger partial charge in [-0.25, -0.2) is 0 Å². The Kier molecular flexibility index (Phi) is 4.04. The van der Waals surface area contributed by atoms with Crippen molar-refractivity contribution in [3.8, 4) is 0 Å². The summed E-state index contributed by atoms with van der Waals surface area (Å²) in [5, 5.41) is 0. The third kappa shape index (κ3) is 3.17. The van der Waals surface area contributed by atoms with Crippen LogP contribution < -0.4 is 0 Å². The molecule has 0 aliphatic carbocycles. The van der Waals surface area contributed by atoms with Gasteiger partial charge < -0.3 is 9.53 Å². The van der Waals surface area contributed by atoms with E-state index in [0.29, 0.717) is 6.42 Å². The van der Waals surface area contributed by atoms with E-state index in [4.69, 9.17) is 4.74 Å². The fourth-order valence-electron chi connectivity index (χ4n) is 1.44. The summed E-state index contributed by atoms with van der Waals surface area (Å²) in [6.07, 6.45) is 2.34. The smallest absolute Gasteiger partial charge is 0.120 e. The molecule has 0 heterocycles. The lowest BCUT2D eigenvalue weighted by atomic mass is 9.95. The van der Waals surface area contributed by atoms with Crippen LogP contribution in [0.1, 0.15) is 31.4 Å². The molecule has 0 N–H and O–H groups in total.